The lowest BCUT2D eigenvalue weighted by molar-refractivity contribution is -0.156. The van der Waals surface area contributed by atoms with E-state index in [-0.39, 0.29) is 29.7 Å². The van der Waals surface area contributed by atoms with Gasteiger partial charge >= 0.3 is 0 Å². The van der Waals surface area contributed by atoms with Crippen LogP contribution in [-0.2, 0) is 22.4 Å². The Morgan fingerprint density at radius 2 is 1.50 bits per heavy atom. The van der Waals surface area contributed by atoms with Crippen molar-refractivity contribution >= 4 is 11.8 Å². The van der Waals surface area contributed by atoms with Crippen LogP contribution < -0.4 is 5.32 Å². The van der Waals surface area contributed by atoms with Crippen LogP contribution >= 0.6 is 0 Å². The SMILES string of the molecule is CCC(CC)[C@@H]1C(=O)N[C@H](C2Cc3ccccc3C2)C(=O)N1[C@@H](C)c1ccccc1. The molecule has 0 saturated carbocycles. The second kappa shape index (κ2) is 8.63. The average Bonchev–Trinajstić information content (AvgIpc) is 3.21. The molecule has 0 unspecified atom stereocenters. The van der Waals surface area contributed by atoms with E-state index in [1.165, 1.54) is 11.1 Å². The van der Waals surface area contributed by atoms with Gasteiger partial charge in [0.25, 0.3) is 0 Å². The van der Waals surface area contributed by atoms with Crippen molar-refractivity contribution in [1.82, 2.24) is 10.2 Å². The summed E-state index contributed by atoms with van der Waals surface area (Å²) in [6.07, 6.45) is 3.44. The first-order valence-corrected chi connectivity index (χ1v) is 11.3. The number of rotatable bonds is 6. The Hall–Kier alpha value is -2.62. The molecule has 2 aliphatic rings. The maximum absolute atomic E-state index is 13.9. The van der Waals surface area contributed by atoms with Crippen LogP contribution in [0.2, 0.25) is 0 Å². The van der Waals surface area contributed by atoms with E-state index in [2.05, 4.69) is 62.5 Å². The normalized spacial score (nSPS) is 22.9. The number of piperazine rings is 1. The van der Waals surface area contributed by atoms with E-state index in [0.717, 1.165) is 31.2 Å². The highest BCUT2D eigenvalue weighted by Gasteiger charge is 2.48. The zero-order valence-electron chi connectivity index (χ0n) is 18.2. The third-order valence-corrected chi connectivity index (χ3v) is 7.14. The largest absolute Gasteiger partial charge is 0.342 e. The Balaban J connectivity index is 1.67. The molecule has 2 aromatic carbocycles. The minimum Gasteiger partial charge on any atom is -0.342 e. The lowest BCUT2D eigenvalue weighted by atomic mass is 9.84. The van der Waals surface area contributed by atoms with Gasteiger partial charge in [-0.25, -0.2) is 0 Å². The number of benzene rings is 2. The van der Waals surface area contributed by atoms with Crippen LogP contribution in [0, 0.1) is 11.8 Å². The summed E-state index contributed by atoms with van der Waals surface area (Å²) in [5.41, 5.74) is 3.67. The highest BCUT2D eigenvalue weighted by Crippen LogP contribution is 2.36. The highest BCUT2D eigenvalue weighted by atomic mass is 16.2. The van der Waals surface area contributed by atoms with Gasteiger partial charge in [-0.2, -0.15) is 0 Å². The van der Waals surface area contributed by atoms with Gasteiger partial charge in [-0.1, -0.05) is 81.3 Å². The van der Waals surface area contributed by atoms with E-state index < -0.39 is 12.1 Å². The molecule has 0 spiro atoms. The van der Waals surface area contributed by atoms with E-state index in [4.69, 9.17) is 0 Å². The Kier molecular flexibility index (Phi) is 5.94. The number of amides is 2. The van der Waals surface area contributed by atoms with Crippen molar-refractivity contribution in [2.75, 3.05) is 0 Å². The summed E-state index contributed by atoms with van der Waals surface area (Å²) >= 11 is 0. The topological polar surface area (TPSA) is 49.4 Å². The summed E-state index contributed by atoms with van der Waals surface area (Å²) < 4.78 is 0. The van der Waals surface area contributed by atoms with Gasteiger partial charge in [0.15, 0.2) is 0 Å². The number of hydrogen-bond acceptors (Lipinski definition) is 2. The van der Waals surface area contributed by atoms with Crippen LogP contribution in [0.15, 0.2) is 54.6 Å². The van der Waals surface area contributed by atoms with Gasteiger partial charge in [0.2, 0.25) is 11.8 Å². The first kappa shape index (κ1) is 20.6. The fraction of sp³-hybridized carbons (Fsp3) is 0.462. The molecule has 4 heteroatoms. The maximum Gasteiger partial charge on any atom is 0.246 e. The molecule has 3 atom stereocenters. The summed E-state index contributed by atoms with van der Waals surface area (Å²) in [5, 5.41) is 3.15. The molecule has 4 rings (SSSR count). The Labute approximate surface area is 179 Å². The van der Waals surface area contributed by atoms with Crippen LogP contribution in [-0.4, -0.2) is 28.8 Å². The van der Waals surface area contributed by atoms with Crippen molar-refractivity contribution in [3.05, 3.63) is 71.3 Å². The van der Waals surface area contributed by atoms with Gasteiger partial charge in [0, 0.05) is 0 Å². The molecular weight excluding hydrogens is 372 g/mol. The Morgan fingerprint density at radius 3 is 2.07 bits per heavy atom. The van der Waals surface area contributed by atoms with Gasteiger partial charge in [0.05, 0.1) is 6.04 Å². The fourth-order valence-corrected chi connectivity index (χ4v) is 5.37. The lowest BCUT2D eigenvalue weighted by Gasteiger charge is -2.46. The van der Waals surface area contributed by atoms with Crippen molar-refractivity contribution in [3.8, 4) is 0 Å². The molecule has 1 aliphatic heterocycles. The molecule has 4 nitrogen and oxygen atoms in total. The van der Waals surface area contributed by atoms with E-state index in [0.29, 0.717) is 0 Å². The molecule has 0 aromatic heterocycles. The van der Waals surface area contributed by atoms with Gasteiger partial charge < -0.3 is 10.2 Å². The molecule has 1 saturated heterocycles. The smallest absolute Gasteiger partial charge is 0.246 e. The molecule has 1 aliphatic carbocycles. The van der Waals surface area contributed by atoms with Gasteiger partial charge in [0.1, 0.15) is 12.1 Å². The molecule has 2 aromatic rings. The van der Waals surface area contributed by atoms with Crippen molar-refractivity contribution in [1.29, 1.82) is 0 Å². The predicted octanol–water partition coefficient (Wildman–Crippen LogP) is 4.29. The highest BCUT2D eigenvalue weighted by molar-refractivity contribution is 5.97. The number of hydrogen-bond donors (Lipinski definition) is 1. The first-order chi connectivity index (χ1) is 14.5. The third-order valence-electron chi connectivity index (χ3n) is 7.14. The second-order valence-electron chi connectivity index (χ2n) is 8.78. The Morgan fingerprint density at radius 1 is 0.933 bits per heavy atom. The second-order valence-corrected chi connectivity index (χ2v) is 8.78. The van der Waals surface area contributed by atoms with Gasteiger partial charge in [-0.15, -0.1) is 0 Å². The lowest BCUT2D eigenvalue weighted by Crippen LogP contribution is -2.67. The molecular formula is C26H32N2O2. The first-order valence-electron chi connectivity index (χ1n) is 11.3. The molecule has 1 heterocycles. The molecule has 2 amide bonds. The van der Waals surface area contributed by atoms with Crippen molar-refractivity contribution in [2.45, 2.75) is 64.6 Å². The standard InChI is InChI=1S/C26H32N2O2/c1-4-18(5-2)24-25(29)27-23(22-15-20-13-9-10-14-21(20)16-22)26(30)28(24)17(3)19-11-7-6-8-12-19/h6-14,17-18,22-24H,4-5,15-16H2,1-3H3,(H,27,29)/t17-,23+,24+/m0/s1. The minimum atomic E-state index is -0.457. The minimum absolute atomic E-state index is 0.00652. The monoisotopic (exact) mass is 404 g/mol. The van der Waals surface area contributed by atoms with E-state index in [1.54, 1.807) is 0 Å². The van der Waals surface area contributed by atoms with Gasteiger partial charge in [-0.05, 0) is 48.3 Å². The molecule has 1 fully saturated rings. The molecule has 30 heavy (non-hydrogen) atoms. The summed E-state index contributed by atoms with van der Waals surface area (Å²) in [7, 11) is 0. The molecule has 158 valence electrons. The van der Waals surface area contributed by atoms with Crippen molar-refractivity contribution in [2.24, 2.45) is 11.8 Å². The molecule has 0 radical (unpaired) electrons. The maximum atomic E-state index is 13.9. The fourth-order valence-electron chi connectivity index (χ4n) is 5.37. The summed E-state index contributed by atoms with van der Waals surface area (Å²) in [6, 6.07) is 17.5. The van der Waals surface area contributed by atoms with E-state index in [1.807, 2.05) is 23.1 Å². The van der Waals surface area contributed by atoms with E-state index >= 15 is 0 Å². The van der Waals surface area contributed by atoms with E-state index in [9.17, 15) is 9.59 Å². The number of fused-ring (bicyclic) bond motifs is 1. The predicted molar refractivity (Wildman–Crippen MR) is 119 cm³/mol. The summed E-state index contributed by atoms with van der Waals surface area (Å²) in [5.74, 6) is 0.349. The summed E-state index contributed by atoms with van der Waals surface area (Å²) in [6.45, 7) is 6.27. The molecule has 0 bridgehead atoms. The zero-order chi connectivity index (χ0) is 21.3. The zero-order valence-corrected chi connectivity index (χ0v) is 18.2. The van der Waals surface area contributed by atoms with Crippen LogP contribution in [0.5, 0.6) is 0 Å². The van der Waals surface area contributed by atoms with Crippen molar-refractivity contribution < 1.29 is 9.59 Å². The molecule has 1 N–H and O–H groups in total. The summed E-state index contributed by atoms with van der Waals surface area (Å²) in [4.78, 5) is 29.2. The van der Waals surface area contributed by atoms with Crippen LogP contribution in [0.1, 0.15) is 56.3 Å². The van der Waals surface area contributed by atoms with Crippen LogP contribution in [0.25, 0.3) is 0 Å². The number of carbonyl (C=O) groups is 2. The van der Waals surface area contributed by atoms with Crippen LogP contribution in [0.3, 0.4) is 0 Å². The number of carbonyl (C=O) groups excluding carboxylic acids is 2. The quantitative estimate of drug-likeness (QED) is 0.781. The Bertz CT molecular complexity index is 881. The van der Waals surface area contributed by atoms with Crippen molar-refractivity contribution in [3.63, 3.8) is 0 Å². The van der Waals surface area contributed by atoms with Gasteiger partial charge in [-0.3, -0.25) is 9.59 Å². The number of nitrogens with one attached hydrogen (secondary N) is 1. The number of nitrogens with zero attached hydrogens (tertiary/aromatic N) is 1. The third kappa shape index (κ3) is 3.64. The average molecular weight is 405 g/mol. The van der Waals surface area contributed by atoms with Crippen LogP contribution in [0.4, 0.5) is 0 Å².